The van der Waals surface area contributed by atoms with Crippen molar-refractivity contribution < 1.29 is 19.2 Å². The van der Waals surface area contributed by atoms with Gasteiger partial charge < -0.3 is 9.57 Å². The van der Waals surface area contributed by atoms with Crippen LogP contribution < -0.4 is 0 Å². The van der Waals surface area contributed by atoms with Crippen molar-refractivity contribution in [3.63, 3.8) is 0 Å². The number of carbonyl (C=O) groups is 2. The lowest BCUT2D eigenvalue weighted by Crippen LogP contribution is -2.29. The highest BCUT2D eigenvalue weighted by Gasteiger charge is 2.23. The van der Waals surface area contributed by atoms with Crippen LogP contribution in [0.3, 0.4) is 0 Å². The molecule has 6 heteroatoms. The number of ketones is 1. The fraction of sp³-hybridized carbons (Fsp3) is 0.700. The van der Waals surface area contributed by atoms with Crippen molar-refractivity contribution in [1.82, 2.24) is 0 Å². The Hall–Kier alpha value is -0.910. The molecule has 5 nitrogen and oxygen atoms in total. The van der Waals surface area contributed by atoms with Gasteiger partial charge in [-0.25, -0.2) is 4.79 Å². The summed E-state index contributed by atoms with van der Waals surface area (Å²) in [5.41, 5.74) is -0.890. The molecular formula is C10H16BrNO4. The van der Waals surface area contributed by atoms with Gasteiger partial charge in [0.15, 0.2) is 0 Å². The highest BCUT2D eigenvalue weighted by atomic mass is 79.9. The molecule has 92 valence electrons. The number of esters is 1. The van der Waals surface area contributed by atoms with E-state index in [1.54, 1.807) is 27.7 Å². The first kappa shape index (κ1) is 15.1. The molecule has 0 amide bonds. The number of hydrogen-bond donors (Lipinski definition) is 0. The third-order valence-electron chi connectivity index (χ3n) is 1.27. The van der Waals surface area contributed by atoms with Crippen molar-refractivity contribution in [2.24, 2.45) is 5.16 Å². The minimum absolute atomic E-state index is 0.00183. The molecule has 0 aromatic rings. The van der Waals surface area contributed by atoms with Crippen LogP contribution in [-0.4, -0.2) is 35.0 Å². The van der Waals surface area contributed by atoms with Crippen LogP contribution in [0.2, 0.25) is 0 Å². The summed E-state index contributed by atoms with van der Waals surface area (Å²) in [6.45, 7) is 7.12. The lowest BCUT2D eigenvalue weighted by Gasteiger charge is -2.16. The molecule has 0 aliphatic rings. The van der Waals surface area contributed by atoms with E-state index in [1.807, 2.05) is 0 Å². The van der Waals surface area contributed by atoms with Crippen molar-refractivity contribution in [1.29, 1.82) is 0 Å². The van der Waals surface area contributed by atoms with Gasteiger partial charge in [-0.05, 0) is 27.7 Å². The van der Waals surface area contributed by atoms with Gasteiger partial charge in [-0.3, -0.25) is 4.79 Å². The van der Waals surface area contributed by atoms with Crippen LogP contribution in [0.1, 0.15) is 27.7 Å². The van der Waals surface area contributed by atoms with E-state index >= 15 is 0 Å². The second-order valence-corrected chi connectivity index (χ2v) is 4.48. The van der Waals surface area contributed by atoms with Gasteiger partial charge in [0.1, 0.15) is 5.60 Å². The van der Waals surface area contributed by atoms with E-state index in [0.717, 1.165) is 0 Å². The zero-order chi connectivity index (χ0) is 12.8. The topological polar surface area (TPSA) is 65.0 Å². The maximum absolute atomic E-state index is 11.4. The summed E-state index contributed by atoms with van der Waals surface area (Å²) in [6, 6.07) is 0. The average molecular weight is 294 g/mol. The molecule has 0 unspecified atom stereocenters. The third-order valence-corrected chi connectivity index (χ3v) is 1.77. The summed E-state index contributed by atoms with van der Waals surface area (Å²) in [6.07, 6.45) is 0. The first-order valence-electron chi connectivity index (χ1n) is 4.84. The Kier molecular flexibility index (Phi) is 6.25. The Balaban J connectivity index is 4.80. The summed E-state index contributed by atoms with van der Waals surface area (Å²) in [7, 11) is 0. The number of halogens is 1. The molecule has 0 spiro atoms. The Morgan fingerprint density at radius 3 is 2.25 bits per heavy atom. The highest BCUT2D eigenvalue weighted by Crippen LogP contribution is 2.07. The van der Waals surface area contributed by atoms with Crippen LogP contribution in [0.25, 0.3) is 0 Å². The summed E-state index contributed by atoms with van der Waals surface area (Å²) in [5.74, 6) is -1.24. The van der Waals surface area contributed by atoms with E-state index in [1.165, 1.54) is 0 Å². The molecule has 0 aromatic carbocycles. The Bertz CT molecular complexity index is 294. The molecule has 0 saturated carbocycles. The SMILES string of the molecule is CCOC(=O)/C(=N/OC(C)(C)C)C(=O)CBr. The van der Waals surface area contributed by atoms with Crippen LogP contribution in [0.4, 0.5) is 0 Å². The zero-order valence-electron chi connectivity index (χ0n) is 9.87. The minimum atomic E-state index is -0.767. The van der Waals surface area contributed by atoms with Gasteiger partial charge in [-0.1, -0.05) is 21.1 Å². The van der Waals surface area contributed by atoms with Gasteiger partial charge >= 0.3 is 5.97 Å². The number of nitrogens with zero attached hydrogens (tertiary/aromatic N) is 1. The standard InChI is InChI=1S/C10H16BrNO4/c1-5-15-9(14)8(7(13)6-11)12-16-10(2,3)4/h5-6H2,1-4H3/b12-8+. The number of carbonyl (C=O) groups excluding carboxylic acids is 2. The smallest absolute Gasteiger partial charge is 0.364 e. The fourth-order valence-corrected chi connectivity index (χ4v) is 0.913. The molecule has 0 saturated heterocycles. The van der Waals surface area contributed by atoms with E-state index in [2.05, 4.69) is 21.1 Å². The number of Topliss-reactive ketones (excluding diaryl/α,β-unsaturated/α-hetero) is 1. The average Bonchev–Trinajstić information content (AvgIpc) is 2.16. The van der Waals surface area contributed by atoms with Crippen LogP contribution in [0.5, 0.6) is 0 Å². The lowest BCUT2D eigenvalue weighted by atomic mass is 10.2. The van der Waals surface area contributed by atoms with Crippen LogP contribution >= 0.6 is 15.9 Å². The van der Waals surface area contributed by atoms with E-state index in [-0.39, 0.29) is 17.6 Å². The van der Waals surface area contributed by atoms with Gasteiger partial charge in [0.25, 0.3) is 0 Å². The van der Waals surface area contributed by atoms with E-state index in [0.29, 0.717) is 0 Å². The van der Waals surface area contributed by atoms with Gasteiger partial charge in [-0.15, -0.1) is 0 Å². The Morgan fingerprint density at radius 1 is 1.31 bits per heavy atom. The number of alkyl halides is 1. The van der Waals surface area contributed by atoms with E-state index in [4.69, 9.17) is 9.57 Å². The first-order valence-corrected chi connectivity index (χ1v) is 5.96. The molecule has 0 N–H and O–H groups in total. The number of rotatable bonds is 5. The van der Waals surface area contributed by atoms with Gasteiger partial charge in [0.05, 0.1) is 11.9 Å². The van der Waals surface area contributed by atoms with Crippen molar-refractivity contribution in [2.75, 3.05) is 11.9 Å². The van der Waals surface area contributed by atoms with Crippen LogP contribution in [-0.2, 0) is 19.2 Å². The monoisotopic (exact) mass is 293 g/mol. The molecule has 0 fully saturated rings. The molecule has 0 atom stereocenters. The summed E-state index contributed by atoms with van der Waals surface area (Å²) >= 11 is 2.96. The third kappa shape index (κ3) is 5.85. The van der Waals surface area contributed by atoms with Crippen LogP contribution in [0.15, 0.2) is 5.16 Å². The lowest BCUT2D eigenvalue weighted by molar-refractivity contribution is -0.136. The maximum Gasteiger partial charge on any atom is 0.364 e. The molecule has 0 aliphatic heterocycles. The second-order valence-electron chi connectivity index (χ2n) is 3.92. The predicted molar refractivity (Wildman–Crippen MR) is 63.7 cm³/mol. The van der Waals surface area contributed by atoms with Crippen molar-refractivity contribution in [2.45, 2.75) is 33.3 Å². The number of ether oxygens (including phenoxy) is 1. The number of hydrogen-bond acceptors (Lipinski definition) is 5. The molecule has 0 aromatic heterocycles. The molecule has 0 rings (SSSR count). The van der Waals surface area contributed by atoms with Gasteiger partial charge in [0.2, 0.25) is 11.5 Å². The molecule has 0 heterocycles. The predicted octanol–water partition coefficient (Wildman–Crippen LogP) is 1.68. The quantitative estimate of drug-likeness (QED) is 0.254. The van der Waals surface area contributed by atoms with Gasteiger partial charge in [-0.2, -0.15) is 0 Å². The number of oxime groups is 1. The highest BCUT2D eigenvalue weighted by molar-refractivity contribution is 9.09. The normalized spacial score (nSPS) is 12.2. The van der Waals surface area contributed by atoms with E-state index < -0.39 is 17.4 Å². The largest absolute Gasteiger partial charge is 0.461 e. The summed E-state index contributed by atoms with van der Waals surface area (Å²) < 4.78 is 4.70. The van der Waals surface area contributed by atoms with Crippen molar-refractivity contribution in [3.05, 3.63) is 0 Å². The fourth-order valence-electron chi connectivity index (χ4n) is 0.647. The summed E-state index contributed by atoms with van der Waals surface area (Å²) in [5, 5.41) is 3.55. The van der Waals surface area contributed by atoms with Gasteiger partial charge in [0, 0.05) is 0 Å². The van der Waals surface area contributed by atoms with E-state index in [9.17, 15) is 9.59 Å². The molecule has 0 bridgehead atoms. The maximum atomic E-state index is 11.4. The zero-order valence-corrected chi connectivity index (χ0v) is 11.5. The molecule has 0 aliphatic carbocycles. The molecular weight excluding hydrogens is 278 g/mol. The summed E-state index contributed by atoms with van der Waals surface area (Å²) in [4.78, 5) is 27.8. The van der Waals surface area contributed by atoms with Crippen LogP contribution in [0, 0.1) is 0 Å². The Morgan fingerprint density at radius 2 is 1.88 bits per heavy atom. The first-order chi connectivity index (χ1) is 7.31. The second kappa shape index (κ2) is 6.62. The van der Waals surface area contributed by atoms with Crippen molar-refractivity contribution >= 4 is 33.4 Å². The van der Waals surface area contributed by atoms with Crippen molar-refractivity contribution in [3.8, 4) is 0 Å². The molecule has 0 radical (unpaired) electrons. The Labute approximate surface area is 103 Å². The minimum Gasteiger partial charge on any atom is -0.461 e. The molecule has 16 heavy (non-hydrogen) atoms.